The van der Waals surface area contributed by atoms with Crippen molar-refractivity contribution < 1.29 is 0 Å². The summed E-state index contributed by atoms with van der Waals surface area (Å²) in [5, 5.41) is 5.74. The van der Waals surface area contributed by atoms with Crippen molar-refractivity contribution >= 4 is 10.8 Å². The van der Waals surface area contributed by atoms with Gasteiger partial charge >= 0.3 is 0 Å². The predicted octanol–water partition coefficient (Wildman–Crippen LogP) is 3.25. The third-order valence-electron chi connectivity index (χ3n) is 3.50. The summed E-state index contributed by atoms with van der Waals surface area (Å²) in [5.74, 6) is 0. The van der Waals surface area contributed by atoms with E-state index in [1.54, 1.807) is 0 Å². The fourth-order valence-electron chi connectivity index (χ4n) is 2.57. The van der Waals surface area contributed by atoms with Gasteiger partial charge in [0.15, 0.2) is 0 Å². The van der Waals surface area contributed by atoms with Gasteiger partial charge < -0.3 is 5.32 Å². The van der Waals surface area contributed by atoms with Crippen LogP contribution < -0.4 is 5.32 Å². The number of nitrogens with one attached hydrogen (secondary N) is 1. The van der Waals surface area contributed by atoms with Gasteiger partial charge in [-0.1, -0.05) is 30.3 Å². The molecule has 0 fully saturated rings. The van der Waals surface area contributed by atoms with Crippen molar-refractivity contribution in [2.24, 2.45) is 0 Å². The molecule has 1 atom stereocenters. The van der Waals surface area contributed by atoms with E-state index >= 15 is 0 Å². The molecule has 3 nitrogen and oxygen atoms in total. The smallest absolute Gasteiger partial charge is 0.0770 e. The molecule has 2 heterocycles. The number of pyridine rings is 2. The van der Waals surface area contributed by atoms with Crippen LogP contribution in [0.3, 0.4) is 0 Å². The number of hydrogen-bond acceptors (Lipinski definition) is 3. The lowest BCUT2D eigenvalue weighted by atomic mass is 9.99. The molecule has 0 amide bonds. The molecule has 0 aliphatic rings. The number of hydrogen-bond donors (Lipinski definition) is 1. The second-order valence-electron chi connectivity index (χ2n) is 4.93. The molecule has 0 aliphatic heterocycles. The molecule has 1 aromatic carbocycles. The van der Waals surface area contributed by atoms with Crippen LogP contribution in [0.2, 0.25) is 0 Å². The average Bonchev–Trinajstić information content (AvgIpc) is 2.48. The summed E-state index contributed by atoms with van der Waals surface area (Å²) in [6.45, 7) is 2.06. The summed E-state index contributed by atoms with van der Waals surface area (Å²) in [5.41, 5.74) is 3.33. The Morgan fingerprint density at radius 3 is 2.75 bits per heavy atom. The van der Waals surface area contributed by atoms with Crippen LogP contribution in [0.5, 0.6) is 0 Å². The van der Waals surface area contributed by atoms with E-state index in [9.17, 15) is 0 Å². The average molecular weight is 263 g/mol. The second kappa shape index (κ2) is 5.39. The lowest BCUT2D eigenvalue weighted by molar-refractivity contribution is 0.673. The van der Waals surface area contributed by atoms with E-state index in [1.807, 2.05) is 31.7 Å². The predicted molar refractivity (Wildman–Crippen MR) is 81.6 cm³/mol. The summed E-state index contributed by atoms with van der Waals surface area (Å²) in [7, 11) is 1.95. The molecular weight excluding hydrogens is 246 g/mol. The van der Waals surface area contributed by atoms with Crippen molar-refractivity contribution in [3.63, 3.8) is 0 Å². The van der Waals surface area contributed by atoms with Crippen molar-refractivity contribution in [3.8, 4) is 0 Å². The minimum Gasteiger partial charge on any atom is -0.308 e. The van der Waals surface area contributed by atoms with Crippen LogP contribution in [-0.2, 0) is 0 Å². The van der Waals surface area contributed by atoms with Crippen LogP contribution in [0.25, 0.3) is 10.8 Å². The zero-order valence-corrected chi connectivity index (χ0v) is 11.7. The number of aryl methyl sites for hydroxylation is 1. The molecule has 20 heavy (non-hydrogen) atoms. The molecule has 0 aliphatic carbocycles. The molecule has 2 aromatic heterocycles. The Hall–Kier alpha value is -2.26. The van der Waals surface area contributed by atoms with Crippen LogP contribution in [-0.4, -0.2) is 17.0 Å². The minimum absolute atomic E-state index is 0.0495. The maximum absolute atomic E-state index is 4.59. The molecule has 1 unspecified atom stereocenters. The van der Waals surface area contributed by atoms with E-state index in [0.29, 0.717) is 0 Å². The molecule has 3 rings (SSSR count). The largest absolute Gasteiger partial charge is 0.308 e. The van der Waals surface area contributed by atoms with E-state index in [4.69, 9.17) is 0 Å². The van der Waals surface area contributed by atoms with Gasteiger partial charge in [-0.15, -0.1) is 0 Å². The highest BCUT2D eigenvalue weighted by molar-refractivity contribution is 5.85. The van der Waals surface area contributed by atoms with E-state index in [1.165, 1.54) is 10.8 Å². The fraction of sp³-hybridized carbons (Fsp3) is 0.176. The third kappa shape index (κ3) is 2.28. The summed E-state index contributed by atoms with van der Waals surface area (Å²) < 4.78 is 0. The second-order valence-corrected chi connectivity index (χ2v) is 4.93. The molecule has 0 saturated heterocycles. The molecule has 0 bridgehead atoms. The van der Waals surface area contributed by atoms with Crippen LogP contribution >= 0.6 is 0 Å². The summed E-state index contributed by atoms with van der Waals surface area (Å²) in [6.07, 6.45) is 5.63. The first kappa shape index (κ1) is 12.8. The Labute approximate surface area is 118 Å². The Bertz CT molecular complexity index is 732. The van der Waals surface area contributed by atoms with Crippen molar-refractivity contribution in [1.29, 1.82) is 0 Å². The Kier molecular flexibility index (Phi) is 3.44. The molecule has 100 valence electrons. The lowest BCUT2D eigenvalue weighted by Crippen LogP contribution is -2.19. The highest BCUT2D eigenvalue weighted by Gasteiger charge is 2.16. The van der Waals surface area contributed by atoms with Gasteiger partial charge in [0.1, 0.15) is 0 Å². The van der Waals surface area contributed by atoms with Gasteiger partial charge in [0, 0.05) is 24.0 Å². The van der Waals surface area contributed by atoms with E-state index < -0.39 is 0 Å². The normalized spacial score (nSPS) is 12.5. The molecule has 1 N–H and O–H groups in total. The zero-order chi connectivity index (χ0) is 13.9. The van der Waals surface area contributed by atoms with E-state index in [-0.39, 0.29) is 6.04 Å². The number of rotatable bonds is 3. The van der Waals surface area contributed by atoms with Gasteiger partial charge in [0.05, 0.1) is 11.7 Å². The summed E-state index contributed by atoms with van der Waals surface area (Å²) >= 11 is 0. The molecule has 0 spiro atoms. The molecule has 3 heteroatoms. The van der Waals surface area contributed by atoms with Crippen LogP contribution in [0.15, 0.2) is 55.0 Å². The van der Waals surface area contributed by atoms with Gasteiger partial charge in [-0.25, -0.2) is 0 Å². The SMILES string of the molecule is CNC(c1cncc(C)c1)c1nccc2ccccc12. The summed E-state index contributed by atoms with van der Waals surface area (Å²) in [6, 6.07) is 12.6. The van der Waals surface area contributed by atoms with Gasteiger partial charge in [0.25, 0.3) is 0 Å². The van der Waals surface area contributed by atoms with Crippen molar-refractivity contribution in [3.05, 3.63) is 71.8 Å². The standard InChI is InChI=1S/C17H17N3/c1-12-9-14(11-19-10-12)16(18-2)17-15-6-4-3-5-13(15)7-8-20-17/h3-11,16,18H,1-2H3. The number of benzene rings is 1. The lowest BCUT2D eigenvalue weighted by Gasteiger charge is -2.18. The monoisotopic (exact) mass is 263 g/mol. The zero-order valence-electron chi connectivity index (χ0n) is 11.7. The third-order valence-corrected chi connectivity index (χ3v) is 3.50. The first-order valence-electron chi connectivity index (χ1n) is 6.72. The fourth-order valence-corrected chi connectivity index (χ4v) is 2.57. The molecular formula is C17H17N3. The van der Waals surface area contributed by atoms with Gasteiger partial charge in [-0.05, 0) is 36.6 Å². The Morgan fingerprint density at radius 2 is 1.95 bits per heavy atom. The first-order valence-corrected chi connectivity index (χ1v) is 6.72. The van der Waals surface area contributed by atoms with Crippen molar-refractivity contribution in [2.75, 3.05) is 7.05 Å². The Balaban J connectivity index is 2.17. The molecule has 0 saturated carbocycles. The summed E-state index contributed by atoms with van der Waals surface area (Å²) in [4.78, 5) is 8.88. The first-order chi connectivity index (χ1) is 9.79. The molecule has 3 aromatic rings. The number of aromatic nitrogens is 2. The van der Waals surface area contributed by atoms with E-state index in [2.05, 4.69) is 52.5 Å². The quantitative estimate of drug-likeness (QED) is 0.788. The highest BCUT2D eigenvalue weighted by Crippen LogP contribution is 2.26. The van der Waals surface area contributed by atoms with Crippen LogP contribution in [0.4, 0.5) is 0 Å². The van der Waals surface area contributed by atoms with Crippen molar-refractivity contribution in [1.82, 2.24) is 15.3 Å². The highest BCUT2D eigenvalue weighted by atomic mass is 14.9. The van der Waals surface area contributed by atoms with Gasteiger partial charge in [-0.2, -0.15) is 0 Å². The van der Waals surface area contributed by atoms with E-state index in [0.717, 1.165) is 16.8 Å². The van der Waals surface area contributed by atoms with Crippen LogP contribution in [0.1, 0.15) is 22.9 Å². The minimum atomic E-state index is 0.0495. The van der Waals surface area contributed by atoms with Crippen molar-refractivity contribution in [2.45, 2.75) is 13.0 Å². The topological polar surface area (TPSA) is 37.8 Å². The van der Waals surface area contributed by atoms with Gasteiger partial charge in [-0.3, -0.25) is 9.97 Å². The molecule has 0 radical (unpaired) electrons. The maximum Gasteiger partial charge on any atom is 0.0770 e. The maximum atomic E-state index is 4.59. The number of fused-ring (bicyclic) bond motifs is 1. The number of nitrogens with zero attached hydrogens (tertiary/aromatic N) is 2. The van der Waals surface area contributed by atoms with Gasteiger partial charge in [0.2, 0.25) is 0 Å². The Morgan fingerprint density at radius 1 is 1.10 bits per heavy atom. The van der Waals surface area contributed by atoms with Crippen LogP contribution in [0, 0.1) is 6.92 Å².